The molecule has 0 fully saturated rings. The zero-order chi connectivity index (χ0) is 28.4. The molecule has 0 radical (unpaired) electrons. The molecule has 0 unspecified atom stereocenters. The molecule has 7 nitrogen and oxygen atoms in total. The van der Waals surface area contributed by atoms with Crippen LogP contribution in [-0.2, 0) is 20.2 Å². The molecule has 0 saturated carbocycles. The fraction of sp³-hybridized carbons (Fsp3) is 0.0833. The van der Waals surface area contributed by atoms with Gasteiger partial charge in [-0.05, 0) is 47.9 Å². The van der Waals surface area contributed by atoms with Crippen LogP contribution in [0.4, 0.5) is 26.3 Å². The van der Waals surface area contributed by atoms with Gasteiger partial charge in [0.2, 0.25) is 0 Å². The van der Waals surface area contributed by atoms with Gasteiger partial charge in [0.15, 0.2) is 0 Å². The number of alkyl halides is 6. The van der Waals surface area contributed by atoms with E-state index in [0.717, 1.165) is 24.3 Å². The smallest absolute Gasteiger partial charge is 0.376 e. The maximum absolute atomic E-state index is 12.9. The number of nitrogens with zero attached hydrogens (tertiary/aromatic N) is 1. The molecule has 0 saturated heterocycles. The normalized spacial score (nSPS) is 13.3. The number of fused-ring (bicyclic) bond motifs is 5. The third-order valence-corrected chi connectivity index (χ3v) is 7.64. The highest BCUT2D eigenvalue weighted by Gasteiger charge is 2.49. The van der Waals surface area contributed by atoms with Crippen LogP contribution in [0.3, 0.4) is 0 Å². The highest BCUT2D eigenvalue weighted by atomic mass is 32.2. The standard InChI is InChI=1S/C24H13F6NO6S2/c25-23(26,27)38(32,33)36-16-7-10-18-14(12-16)6-9-20-19-11-8-17(37-39(34,35)24(28,29)30)13-21(19)31(22(18)20)15-4-2-1-3-5-15/h1-13H. The zero-order valence-corrected chi connectivity index (χ0v) is 20.6. The zero-order valence-electron chi connectivity index (χ0n) is 19.0. The van der Waals surface area contributed by atoms with Gasteiger partial charge in [-0.2, -0.15) is 43.2 Å². The molecule has 39 heavy (non-hydrogen) atoms. The van der Waals surface area contributed by atoms with Gasteiger partial charge in [-0.25, -0.2) is 0 Å². The van der Waals surface area contributed by atoms with Crippen LogP contribution in [0.1, 0.15) is 0 Å². The Bertz CT molecular complexity index is 1970. The average molecular weight is 589 g/mol. The first-order chi connectivity index (χ1) is 18.1. The number of benzene rings is 4. The summed E-state index contributed by atoms with van der Waals surface area (Å²) >= 11 is 0. The highest BCUT2D eigenvalue weighted by molar-refractivity contribution is 7.88. The Labute approximate surface area is 216 Å². The molecule has 0 aliphatic rings. The van der Waals surface area contributed by atoms with E-state index in [0.29, 0.717) is 27.4 Å². The van der Waals surface area contributed by atoms with Crippen LogP contribution >= 0.6 is 0 Å². The molecule has 0 N–H and O–H groups in total. The first-order valence-electron chi connectivity index (χ1n) is 10.7. The van der Waals surface area contributed by atoms with Gasteiger partial charge in [0.25, 0.3) is 0 Å². The van der Waals surface area contributed by atoms with Crippen molar-refractivity contribution in [2.75, 3.05) is 0 Å². The Hall–Kier alpha value is -3.98. The maximum atomic E-state index is 12.9. The lowest BCUT2D eigenvalue weighted by Crippen LogP contribution is -2.28. The number of halogens is 6. The Kier molecular flexibility index (Phi) is 5.99. The van der Waals surface area contributed by atoms with Crippen LogP contribution in [0.25, 0.3) is 38.3 Å². The predicted molar refractivity (Wildman–Crippen MR) is 129 cm³/mol. The molecule has 0 aliphatic carbocycles. The van der Waals surface area contributed by atoms with E-state index in [1.807, 2.05) is 0 Å². The molecule has 204 valence electrons. The molecular formula is C24H13F6NO6S2. The van der Waals surface area contributed by atoms with Crippen molar-refractivity contribution in [3.63, 3.8) is 0 Å². The molecule has 0 spiro atoms. The minimum Gasteiger partial charge on any atom is -0.376 e. The lowest BCUT2D eigenvalue weighted by atomic mass is 10.1. The van der Waals surface area contributed by atoms with Gasteiger partial charge in [-0.3, -0.25) is 0 Å². The number of para-hydroxylation sites is 1. The second-order valence-corrected chi connectivity index (χ2v) is 11.2. The van der Waals surface area contributed by atoms with Crippen LogP contribution in [-0.4, -0.2) is 32.4 Å². The number of rotatable bonds is 5. The third kappa shape index (κ3) is 4.61. The van der Waals surface area contributed by atoms with E-state index in [1.54, 1.807) is 41.0 Å². The molecule has 1 aromatic heterocycles. The summed E-state index contributed by atoms with van der Waals surface area (Å²) in [6, 6.07) is 18.5. The van der Waals surface area contributed by atoms with E-state index < -0.39 is 42.8 Å². The lowest BCUT2D eigenvalue weighted by molar-refractivity contribution is -0.0504. The van der Waals surface area contributed by atoms with Crippen molar-refractivity contribution in [1.29, 1.82) is 0 Å². The summed E-state index contributed by atoms with van der Waals surface area (Å²) in [4.78, 5) is 0. The van der Waals surface area contributed by atoms with Crippen LogP contribution in [0, 0.1) is 0 Å². The van der Waals surface area contributed by atoms with Gasteiger partial charge in [0, 0.05) is 27.9 Å². The van der Waals surface area contributed by atoms with E-state index in [2.05, 4.69) is 8.37 Å². The summed E-state index contributed by atoms with van der Waals surface area (Å²) in [5.74, 6) is -1.19. The van der Waals surface area contributed by atoms with Gasteiger partial charge in [0.1, 0.15) is 11.5 Å². The fourth-order valence-electron chi connectivity index (χ4n) is 4.09. The van der Waals surface area contributed by atoms with Crippen LogP contribution < -0.4 is 8.37 Å². The topological polar surface area (TPSA) is 91.7 Å². The molecule has 5 aromatic rings. The largest absolute Gasteiger partial charge is 0.534 e. The summed E-state index contributed by atoms with van der Waals surface area (Å²) in [7, 11) is -11.9. The Morgan fingerprint density at radius 3 is 1.67 bits per heavy atom. The second-order valence-electron chi connectivity index (χ2n) is 8.16. The van der Waals surface area contributed by atoms with Gasteiger partial charge < -0.3 is 12.9 Å². The maximum Gasteiger partial charge on any atom is 0.534 e. The Morgan fingerprint density at radius 1 is 0.590 bits per heavy atom. The van der Waals surface area contributed by atoms with E-state index in [-0.39, 0.29) is 10.9 Å². The molecule has 5 rings (SSSR count). The van der Waals surface area contributed by atoms with Crippen LogP contribution in [0.2, 0.25) is 0 Å². The van der Waals surface area contributed by atoms with Crippen molar-refractivity contribution in [3.8, 4) is 17.2 Å². The van der Waals surface area contributed by atoms with Gasteiger partial charge in [-0.15, -0.1) is 0 Å². The van der Waals surface area contributed by atoms with Crippen molar-refractivity contribution in [3.05, 3.63) is 78.9 Å². The molecule has 4 aromatic carbocycles. The summed E-state index contributed by atoms with van der Waals surface area (Å²) in [6.45, 7) is 0. The number of hydrogen-bond donors (Lipinski definition) is 0. The van der Waals surface area contributed by atoms with E-state index >= 15 is 0 Å². The van der Waals surface area contributed by atoms with Crippen LogP contribution in [0.15, 0.2) is 78.9 Å². The predicted octanol–water partition coefficient (Wildman–Crippen LogP) is 6.39. The van der Waals surface area contributed by atoms with Crippen molar-refractivity contribution < 1.29 is 51.5 Å². The average Bonchev–Trinajstić information content (AvgIpc) is 3.16. The molecule has 0 atom stereocenters. The SMILES string of the molecule is O=S(=O)(Oc1ccc2c(ccc3c4ccc(OS(=O)(=O)C(F)(F)F)cc4n(-c4ccccc4)c23)c1)C(F)(F)F. The van der Waals surface area contributed by atoms with Gasteiger partial charge in [-0.1, -0.05) is 30.3 Å². The summed E-state index contributed by atoms with van der Waals surface area (Å²) in [5.41, 5.74) is -10.1. The Morgan fingerprint density at radius 2 is 1.10 bits per heavy atom. The molecule has 0 bridgehead atoms. The Balaban J connectivity index is 1.76. The summed E-state index contributed by atoms with van der Waals surface area (Å²) < 4.78 is 133. The molecular weight excluding hydrogens is 576 g/mol. The minimum absolute atomic E-state index is 0.263. The van der Waals surface area contributed by atoms with E-state index in [9.17, 15) is 43.2 Å². The quantitative estimate of drug-likeness (QED) is 0.134. The van der Waals surface area contributed by atoms with Crippen LogP contribution in [0.5, 0.6) is 11.5 Å². The van der Waals surface area contributed by atoms with Gasteiger partial charge in [0.05, 0.1) is 11.0 Å². The first-order valence-corrected chi connectivity index (χ1v) is 13.5. The molecule has 0 amide bonds. The van der Waals surface area contributed by atoms with E-state index in [1.165, 1.54) is 18.2 Å². The minimum atomic E-state index is -5.94. The number of hydrogen-bond acceptors (Lipinski definition) is 6. The third-order valence-electron chi connectivity index (χ3n) is 5.68. The second kappa shape index (κ2) is 8.77. The number of aromatic nitrogens is 1. The molecule has 15 heteroatoms. The first kappa shape index (κ1) is 26.6. The summed E-state index contributed by atoms with van der Waals surface area (Å²) in [5, 5.41) is 1.76. The van der Waals surface area contributed by atoms with Crippen molar-refractivity contribution in [2.45, 2.75) is 11.0 Å². The van der Waals surface area contributed by atoms with E-state index in [4.69, 9.17) is 0 Å². The molecule has 0 aliphatic heterocycles. The summed E-state index contributed by atoms with van der Waals surface area (Å²) in [6.07, 6.45) is 0. The van der Waals surface area contributed by atoms with Gasteiger partial charge >= 0.3 is 31.3 Å². The highest BCUT2D eigenvalue weighted by Crippen LogP contribution is 2.40. The van der Waals surface area contributed by atoms with Crippen molar-refractivity contribution >= 4 is 52.8 Å². The fourth-order valence-corrected chi connectivity index (χ4v) is 4.99. The molecule has 1 heterocycles. The van der Waals surface area contributed by atoms with Crippen molar-refractivity contribution in [2.24, 2.45) is 0 Å². The monoisotopic (exact) mass is 589 g/mol. The lowest BCUT2D eigenvalue weighted by Gasteiger charge is -2.12. The van der Waals surface area contributed by atoms with Crippen molar-refractivity contribution in [1.82, 2.24) is 4.57 Å².